The SMILES string of the molecule is CCCCc1ccc(-n2nnc(C#N)c2C(CC)CC)cc1. The fourth-order valence-corrected chi connectivity index (χ4v) is 2.79. The summed E-state index contributed by atoms with van der Waals surface area (Å²) in [5, 5.41) is 17.6. The quantitative estimate of drug-likeness (QED) is 0.761. The zero-order chi connectivity index (χ0) is 15.9. The van der Waals surface area contributed by atoms with Crippen molar-refractivity contribution in [1.29, 1.82) is 5.26 Å². The molecule has 0 atom stereocenters. The smallest absolute Gasteiger partial charge is 0.186 e. The third kappa shape index (κ3) is 3.36. The van der Waals surface area contributed by atoms with E-state index in [9.17, 15) is 5.26 Å². The second-order valence-electron chi connectivity index (χ2n) is 5.63. The molecule has 0 aliphatic heterocycles. The summed E-state index contributed by atoms with van der Waals surface area (Å²) in [6, 6.07) is 10.6. The summed E-state index contributed by atoms with van der Waals surface area (Å²) >= 11 is 0. The molecule has 0 bridgehead atoms. The standard InChI is InChI=1S/C18H24N4/c1-4-7-8-14-9-11-16(12-10-14)22-18(15(5-2)6-3)17(13-19)20-21-22/h9-12,15H,4-8H2,1-3H3. The third-order valence-electron chi connectivity index (χ3n) is 4.18. The molecule has 0 unspecified atom stereocenters. The molecule has 4 heteroatoms. The first-order valence-electron chi connectivity index (χ1n) is 8.20. The van der Waals surface area contributed by atoms with Crippen molar-refractivity contribution in [1.82, 2.24) is 15.0 Å². The highest BCUT2D eigenvalue weighted by Gasteiger charge is 2.21. The number of unbranched alkanes of at least 4 members (excludes halogenated alkanes) is 1. The van der Waals surface area contributed by atoms with Crippen LogP contribution in [-0.2, 0) is 6.42 Å². The van der Waals surface area contributed by atoms with Gasteiger partial charge in [-0.1, -0.05) is 44.5 Å². The fourth-order valence-electron chi connectivity index (χ4n) is 2.79. The van der Waals surface area contributed by atoms with Gasteiger partial charge in [-0.2, -0.15) is 5.26 Å². The molecule has 1 heterocycles. The van der Waals surface area contributed by atoms with Gasteiger partial charge in [0.2, 0.25) is 0 Å². The number of rotatable bonds is 7. The first kappa shape index (κ1) is 16.2. The van der Waals surface area contributed by atoms with Gasteiger partial charge in [0.05, 0.1) is 11.4 Å². The molecule has 0 fully saturated rings. The highest BCUT2D eigenvalue weighted by Crippen LogP contribution is 2.27. The van der Waals surface area contributed by atoms with Crippen molar-refractivity contribution in [3.8, 4) is 11.8 Å². The predicted molar refractivity (Wildman–Crippen MR) is 88.0 cm³/mol. The predicted octanol–water partition coefficient (Wildman–Crippen LogP) is 4.39. The number of aryl methyl sites for hydroxylation is 1. The maximum Gasteiger partial charge on any atom is 0.186 e. The van der Waals surface area contributed by atoms with Gasteiger partial charge in [0.15, 0.2) is 5.69 Å². The van der Waals surface area contributed by atoms with Crippen LogP contribution in [0, 0.1) is 11.3 Å². The van der Waals surface area contributed by atoms with Gasteiger partial charge in [0, 0.05) is 5.92 Å². The van der Waals surface area contributed by atoms with E-state index in [-0.39, 0.29) is 0 Å². The highest BCUT2D eigenvalue weighted by molar-refractivity contribution is 5.39. The number of hydrogen-bond acceptors (Lipinski definition) is 3. The van der Waals surface area contributed by atoms with Gasteiger partial charge in [-0.3, -0.25) is 0 Å². The molecule has 1 aromatic heterocycles. The minimum atomic E-state index is 0.310. The molecule has 2 aromatic rings. The minimum absolute atomic E-state index is 0.310. The minimum Gasteiger partial charge on any atom is -0.216 e. The summed E-state index contributed by atoms with van der Waals surface area (Å²) in [6.07, 6.45) is 5.48. The number of aromatic nitrogens is 3. The number of nitriles is 1. The molecular weight excluding hydrogens is 272 g/mol. The van der Waals surface area contributed by atoms with Gasteiger partial charge in [-0.25, -0.2) is 4.68 Å². The maximum absolute atomic E-state index is 9.29. The van der Waals surface area contributed by atoms with Gasteiger partial charge in [-0.15, -0.1) is 5.10 Å². The van der Waals surface area contributed by atoms with Gasteiger partial charge in [0.1, 0.15) is 6.07 Å². The Bertz CT molecular complexity index is 630. The largest absolute Gasteiger partial charge is 0.216 e. The van der Waals surface area contributed by atoms with Crippen LogP contribution in [0.1, 0.15) is 69.3 Å². The van der Waals surface area contributed by atoms with E-state index in [4.69, 9.17) is 0 Å². The van der Waals surface area contributed by atoms with Crippen molar-refractivity contribution in [3.05, 3.63) is 41.2 Å². The molecule has 0 saturated carbocycles. The Morgan fingerprint density at radius 2 is 1.82 bits per heavy atom. The van der Waals surface area contributed by atoms with E-state index >= 15 is 0 Å². The zero-order valence-corrected chi connectivity index (χ0v) is 13.7. The molecular formula is C18H24N4. The van der Waals surface area contributed by atoms with Crippen LogP contribution < -0.4 is 0 Å². The maximum atomic E-state index is 9.29. The molecule has 2 rings (SSSR count). The first-order chi connectivity index (χ1) is 10.7. The Kier molecular flexibility index (Phi) is 5.71. The molecule has 0 aliphatic rings. The van der Waals surface area contributed by atoms with Crippen molar-refractivity contribution in [3.63, 3.8) is 0 Å². The fraction of sp³-hybridized carbons (Fsp3) is 0.500. The monoisotopic (exact) mass is 296 g/mol. The molecule has 0 aliphatic carbocycles. The molecule has 0 amide bonds. The topological polar surface area (TPSA) is 54.5 Å². The highest BCUT2D eigenvalue weighted by atomic mass is 15.4. The first-order valence-corrected chi connectivity index (χ1v) is 8.20. The van der Waals surface area contributed by atoms with Gasteiger partial charge < -0.3 is 0 Å². The molecule has 22 heavy (non-hydrogen) atoms. The van der Waals surface area contributed by atoms with Crippen LogP contribution >= 0.6 is 0 Å². The Morgan fingerprint density at radius 1 is 1.14 bits per heavy atom. The van der Waals surface area contributed by atoms with Crippen molar-refractivity contribution in [2.45, 2.75) is 58.8 Å². The van der Waals surface area contributed by atoms with Crippen molar-refractivity contribution in [2.75, 3.05) is 0 Å². The number of nitrogens with zero attached hydrogens (tertiary/aromatic N) is 4. The lowest BCUT2D eigenvalue weighted by molar-refractivity contribution is 0.594. The van der Waals surface area contributed by atoms with E-state index in [0.29, 0.717) is 11.6 Å². The second kappa shape index (κ2) is 7.74. The van der Waals surface area contributed by atoms with E-state index in [0.717, 1.165) is 30.6 Å². The van der Waals surface area contributed by atoms with Crippen molar-refractivity contribution < 1.29 is 0 Å². The van der Waals surface area contributed by atoms with Gasteiger partial charge in [-0.05, 0) is 43.4 Å². The Labute approximate surface area is 132 Å². The molecule has 0 saturated heterocycles. The van der Waals surface area contributed by atoms with Crippen molar-refractivity contribution in [2.24, 2.45) is 0 Å². The van der Waals surface area contributed by atoms with E-state index < -0.39 is 0 Å². The van der Waals surface area contributed by atoms with E-state index in [1.165, 1.54) is 18.4 Å². The van der Waals surface area contributed by atoms with Crippen LogP contribution in [-0.4, -0.2) is 15.0 Å². The Morgan fingerprint density at radius 3 is 2.36 bits per heavy atom. The summed E-state index contributed by atoms with van der Waals surface area (Å²) in [5.74, 6) is 0.310. The molecule has 0 N–H and O–H groups in total. The number of hydrogen-bond donors (Lipinski definition) is 0. The number of benzene rings is 1. The van der Waals surface area contributed by atoms with Gasteiger partial charge in [0.25, 0.3) is 0 Å². The molecule has 0 spiro atoms. The molecule has 4 nitrogen and oxygen atoms in total. The lowest BCUT2D eigenvalue weighted by Crippen LogP contribution is -2.08. The average molecular weight is 296 g/mol. The van der Waals surface area contributed by atoms with Crippen LogP contribution in [0.25, 0.3) is 5.69 Å². The summed E-state index contributed by atoms with van der Waals surface area (Å²) in [5.41, 5.74) is 3.71. The van der Waals surface area contributed by atoms with E-state index in [1.54, 1.807) is 0 Å². The summed E-state index contributed by atoms with van der Waals surface area (Å²) in [6.45, 7) is 6.48. The van der Waals surface area contributed by atoms with Gasteiger partial charge >= 0.3 is 0 Å². The van der Waals surface area contributed by atoms with Crippen LogP contribution in [0.5, 0.6) is 0 Å². The van der Waals surface area contributed by atoms with E-state index in [2.05, 4.69) is 61.4 Å². The lowest BCUT2D eigenvalue weighted by atomic mass is 9.97. The summed E-state index contributed by atoms with van der Waals surface area (Å²) in [7, 11) is 0. The lowest BCUT2D eigenvalue weighted by Gasteiger charge is -2.14. The van der Waals surface area contributed by atoms with Crippen LogP contribution in [0.3, 0.4) is 0 Å². The molecule has 1 aromatic carbocycles. The van der Waals surface area contributed by atoms with Crippen molar-refractivity contribution >= 4 is 0 Å². The van der Waals surface area contributed by atoms with Crippen LogP contribution in [0.4, 0.5) is 0 Å². The Balaban J connectivity index is 2.36. The van der Waals surface area contributed by atoms with Crippen LogP contribution in [0.2, 0.25) is 0 Å². The second-order valence-corrected chi connectivity index (χ2v) is 5.63. The average Bonchev–Trinajstić information content (AvgIpc) is 2.98. The van der Waals surface area contributed by atoms with E-state index in [1.807, 2.05) is 4.68 Å². The summed E-state index contributed by atoms with van der Waals surface area (Å²) < 4.78 is 1.83. The third-order valence-corrected chi connectivity index (χ3v) is 4.18. The Hall–Kier alpha value is -2.15. The summed E-state index contributed by atoms with van der Waals surface area (Å²) in [4.78, 5) is 0. The normalized spacial score (nSPS) is 10.9. The molecule has 116 valence electrons. The van der Waals surface area contributed by atoms with Crippen LogP contribution in [0.15, 0.2) is 24.3 Å². The molecule has 0 radical (unpaired) electrons. The zero-order valence-electron chi connectivity index (χ0n) is 13.7.